The number of anilines is 1. The molecule has 0 aliphatic heterocycles. The van der Waals surface area contributed by atoms with Crippen LogP contribution in [0.25, 0.3) is 10.2 Å². The molecule has 17 heavy (non-hydrogen) atoms. The van der Waals surface area contributed by atoms with Gasteiger partial charge in [0.15, 0.2) is 0 Å². The van der Waals surface area contributed by atoms with Gasteiger partial charge in [-0.1, -0.05) is 6.92 Å². The minimum Gasteiger partial charge on any atom is -0.396 e. The first kappa shape index (κ1) is 12.6. The molecular formula is C10H14N4OS2. The Morgan fingerprint density at radius 3 is 3.00 bits per heavy atom. The highest BCUT2D eigenvalue weighted by atomic mass is 32.2. The molecular weight excluding hydrogens is 256 g/mol. The highest BCUT2D eigenvalue weighted by molar-refractivity contribution is 7.99. The largest absolute Gasteiger partial charge is 0.396 e. The van der Waals surface area contributed by atoms with Gasteiger partial charge in [-0.25, -0.2) is 15.8 Å². The fourth-order valence-corrected chi connectivity index (χ4v) is 3.21. The van der Waals surface area contributed by atoms with Gasteiger partial charge in [-0.05, 0) is 12.5 Å². The molecule has 7 heteroatoms. The van der Waals surface area contributed by atoms with Gasteiger partial charge in [0.1, 0.15) is 9.86 Å². The van der Waals surface area contributed by atoms with Crippen molar-refractivity contribution < 1.29 is 5.11 Å². The highest BCUT2D eigenvalue weighted by Gasteiger charge is 2.11. The number of aliphatic hydroxyl groups excluding tert-OH is 1. The fourth-order valence-electron chi connectivity index (χ4n) is 1.44. The van der Waals surface area contributed by atoms with E-state index in [2.05, 4.69) is 28.4 Å². The van der Waals surface area contributed by atoms with E-state index in [1.165, 1.54) is 16.6 Å². The van der Waals surface area contributed by atoms with Crippen LogP contribution in [0.4, 0.5) is 5.95 Å². The summed E-state index contributed by atoms with van der Waals surface area (Å²) in [5, 5.41) is 10.8. The molecule has 0 saturated carbocycles. The van der Waals surface area contributed by atoms with Crippen molar-refractivity contribution in [1.29, 1.82) is 0 Å². The van der Waals surface area contributed by atoms with Crippen LogP contribution < -0.4 is 11.3 Å². The molecule has 4 N–H and O–H groups in total. The van der Waals surface area contributed by atoms with Gasteiger partial charge in [0.2, 0.25) is 5.95 Å². The molecule has 0 aromatic carbocycles. The smallest absolute Gasteiger partial charge is 0.239 e. The first-order valence-electron chi connectivity index (χ1n) is 5.29. The Bertz CT molecular complexity index is 514. The summed E-state index contributed by atoms with van der Waals surface area (Å²) in [7, 11) is 0. The average molecular weight is 270 g/mol. The molecule has 5 nitrogen and oxygen atoms in total. The molecule has 0 radical (unpaired) electrons. The molecule has 2 aromatic heterocycles. The Morgan fingerprint density at radius 1 is 1.53 bits per heavy atom. The normalized spacial score (nSPS) is 11.0. The molecule has 92 valence electrons. The van der Waals surface area contributed by atoms with E-state index in [1.807, 2.05) is 0 Å². The number of aliphatic hydroxyl groups is 1. The van der Waals surface area contributed by atoms with E-state index in [0.29, 0.717) is 11.7 Å². The zero-order chi connectivity index (χ0) is 12.3. The summed E-state index contributed by atoms with van der Waals surface area (Å²) in [6.07, 6.45) is 0.983. The zero-order valence-electron chi connectivity index (χ0n) is 9.43. The van der Waals surface area contributed by atoms with Crippen LogP contribution in [0.2, 0.25) is 0 Å². The van der Waals surface area contributed by atoms with E-state index in [-0.39, 0.29) is 6.61 Å². The number of hydrogen-bond donors (Lipinski definition) is 3. The van der Waals surface area contributed by atoms with Crippen molar-refractivity contribution in [2.24, 2.45) is 5.84 Å². The first-order valence-corrected chi connectivity index (χ1v) is 7.09. The van der Waals surface area contributed by atoms with Gasteiger partial charge in [0.25, 0.3) is 0 Å². The van der Waals surface area contributed by atoms with Crippen LogP contribution in [0.3, 0.4) is 0 Å². The van der Waals surface area contributed by atoms with Gasteiger partial charge in [0.05, 0.1) is 6.61 Å². The number of aryl methyl sites for hydroxylation is 1. The molecule has 2 aromatic rings. The summed E-state index contributed by atoms with van der Waals surface area (Å²) < 4.78 is 0. The van der Waals surface area contributed by atoms with Crippen LogP contribution >= 0.6 is 23.1 Å². The number of nitrogens with one attached hydrogen (secondary N) is 1. The van der Waals surface area contributed by atoms with Crippen molar-refractivity contribution in [1.82, 2.24) is 9.97 Å². The second kappa shape index (κ2) is 5.63. The molecule has 0 amide bonds. The molecule has 0 aliphatic rings. The van der Waals surface area contributed by atoms with Crippen molar-refractivity contribution >= 4 is 39.3 Å². The topological polar surface area (TPSA) is 84.1 Å². The fraction of sp³-hybridized carbons (Fsp3) is 0.400. The molecule has 0 atom stereocenters. The molecule has 0 spiro atoms. The van der Waals surface area contributed by atoms with Crippen LogP contribution in [0.15, 0.2) is 11.1 Å². The van der Waals surface area contributed by atoms with E-state index in [1.54, 1.807) is 11.3 Å². The summed E-state index contributed by atoms with van der Waals surface area (Å²) in [5.41, 5.74) is 2.47. The Labute approximate surface area is 107 Å². The number of thiophene rings is 1. The summed E-state index contributed by atoms with van der Waals surface area (Å²) in [6, 6.07) is 2.11. The molecule has 0 saturated heterocycles. The lowest BCUT2D eigenvalue weighted by molar-refractivity contribution is 0.322. The number of hydrazine groups is 1. The average Bonchev–Trinajstić information content (AvgIpc) is 2.78. The van der Waals surface area contributed by atoms with E-state index in [9.17, 15) is 0 Å². The lowest BCUT2D eigenvalue weighted by Crippen LogP contribution is -2.10. The van der Waals surface area contributed by atoms with E-state index < -0.39 is 0 Å². The standard InChI is InChI=1S/C10H14N4OS2/c1-2-6-5-7-8(16-4-3-15)12-10(14-11)13-9(7)17-6/h5,15H,2-4,11H2,1H3,(H,12,13,14). The van der Waals surface area contributed by atoms with Gasteiger partial charge in [-0.3, -0.25) is 5.43 Å². The molecule has 0 fully saturated rings. The van der Waals surface area contributed by atoms with Crippen molar-refractivity contribution in [3.63, 3.8) is 0 Å². The quantitative estimate of drug-likeness (QED) is 0.331. The summed E-state index contributed by atoms with van der Waals surface area (Å²) in [6.45, 7) is 2.24. The maximum absolute atomic E-state index is 8.88. The van der Waals surface area contributed by atoms with Crippen molar-refractivity contribution in [2.75, 3.05) is 17.8 Å². The first-order chi connectivity index (χ1) is 8.28. The van der Waals surface area contributed by atoms with Crippen LogP contribution in [0.5, 0.6) is 0 Å². The zero-order valence-corrected chi connectivity index (χ0v) is 11.1. The molecule has 2 rings (SSSR count). The molecule has 0 unspecified atom stereocenters. The maximum atomic E-state index is 8.88. The summed E-state index contributed by atoms with van der Waals surface area (Å²) in [4.78, 5) is 10.9. The monoisotopic (exact) mass is 270 g/mol. The van der Waals surface area contributed by atoms with Crippen LogP contribution in [-0.2, 0) is 6.42 Å². The summed E-state index contributed by atoms with van der Waals surface area (Å²) >= 11 is 3.17. The van der Waals surface area contributed by atoms with Crippen molar-refractivity contribution in [3.05, 3.63) is 10.9 Å². The maximum Gasteiger partial charge on any atom is 0.239 e. The number of nitrogen functional groups attached to an aromatic ring is 1. The van der Waals surface area contributed by atoms with Gasteiger partial charge < -0.3 is 5.11 Å². The predicted octanol–water partition coefficient (Wildman–Crippen LogP) is 1.62. The number of nitrogens with zero attached hydrogens (tertiary/aromatic N) is 2. The minimum absolute atomic E-state index is 0.131. The minimum atomic E-state index is 0.131. The van der Waals surface area contributed by atoms with E-state index in [0.717, 1.165) is 21.7 Å². The molecule has 2 heterocycles. The highest BCUT2D eigenvalue weighted by Crippen LogP contribution is 2.32. The van der Waals surface area contributed by atoms with Gasteiger partial charge in [0, 0.05) is 16.0 Å². The second-order valence-corrected chi connectivity index (χ2v) is 5.55. The Balaban J connectivity index is 2.48. The number of nitrogens with two attached hydrogens (primary N) is 1. The van der Waals surface area contributed by atoms with Gasteiger partial charge in [-0.2, -0.15) is 0 Å². The third kappa shape index (κ3) is 2.68. The number of rotatable bonds is 5. The van der Waals surface area contributed by atoms with Crippen LogP contribution in [-0.4, -0.2) is 27.4 Å². The van der Waals surface area contributed by atoms with Crippen molar-refractivity contribution in [3.8, 4) is 0 Å². The predicted molar refractivity (Wildman–Crippen MR) is 72.4 cm³/mol. The van der Waals surface area contributed by atoms with Crippen LogP contribution in [0, 0.1) is 0 Å². The SMILES string of the molecule is CCc1cc2c(SCCO)nc(NN)nc2s1. The van der Waals surface area contributed by atoms with E-state index in [4.69, 9.17) is 10.9 Å². The number of thioether (sulfide) groups is 1. The lowest BCUT2D eigenvalue weighted by atomic mass is 10.3. The molecule has 0 bridgehead atoms. The number of fused-ring (bicyclic) bond motifs is 1. The number of hydrogen-bond acceptors (Lipinski definition) is 7. The Morgan fingerprint density at radius 2 is 2.35 bits per heavy atom. The van der Waals surface area contributed by atoms with Crippen molar-refractivity contribution in [2.45, 2.75) is 18.4 Å². The number of aromatic nitrogens is 2. The third-order valence-electron chi connectivity index (χ3n) is 2.22. The van der Waals surface area contributed by atoms with Crippen LogP contribution in [0.1, 0.15) is 11.8 Å². The second-order valence-electron chi connectivity index (χ2n) is 3.35. The summed E-state index contributed by atoms with van der Waals surface area (Å²) in [5.74, 6) is 6.39. The van der Waals surface area contributed by atoms with Gasteiger partial charge in [-0.15, -0.1) is 23.1 Å². The lowest BCUT2D eigenvalue weighted by Gasteiger charge is -2.03. The third-order valence-corrected chi connectivity index (χ3v) is 4.36. The van der Waals surface area contributed by atoms with E-state index >= 15 is 0 Å². The molecule has 0 aliphatic carbocycles. The Kier molecular flexibility index (Phi) is 4.16. The Hall–Kier alpha value is -0.890. The van der Waals surface area contributed by atoms with Gasteiger partial charge >= 0.3 is 0 Å².